The highest BCUT2D eigenvalue weighted by atomic mass is 19.4. The van der Waals surface area contributed by atoms with E-state index in [2.05, 4.69) is 33.6 Å². The Balaban J connectivity index is 0.000000203. The molecule has 0 amide bonds. The lowest BCUT2D eigenvalue weighted by Crippen LogP contribution is -2.42. The van der Waals surface area contributed by atoms with Gasteiger partial charge in [0, 0.05) is 18.7 Å². The SMILES string of the molecule is C[C@@H]1CCN(C2CCN(C)CC2)C1.Cc1nn(-c2cccc(OC(F)(F)F)c2)c(C)c1C=O. The van der Waals surface area contributed by atoms with Gasteiger partial charge in [-0.1, -0.05) is 13.0 Å². The molecule has 182 valence electrons. The fourth-order valence-electron chi connectivity index (χ4n) is 4.55. The molecular weight excluding hydrogens is 433 g/mol. The van der Waals surface area contributed by atoms with Crippen molar-refractivity contribution in [2.24, 2.45) is 5.92 Å². The molecule has 33 heavy (non-hydrogen) atoms. The summed E-state index contributed by atoms with van der Waals surface area (Å²) in [5, 5.41) is 4.14. The number of aryl methyl sites for hydroxylation is 1. The predicted molar refractivity (Wildman–Crippen MR) is 121 cm³/mol. The minimum Gasteiger partial charge on any atom is -0.406 e. The first kappa shape index (κ1) is 25.2. The molecule has 2 aliphatic heterocycles. The number of hydrogen-bond acceptors (Lipinski definition) is 5. The smallest absolute Gasteiger partial charge is 0.406 e. The molecule has 1 aromatic heterocycles. The third-order valence-corrected chi connectivity index (χ3v) is 6.42. The van der Waals surface area contributed by atoms with E-state index in [9.17, 15) is 18.0 Å². The molecule has 2 saturated heterocycles. The molecule has 0 saturated carbocycles. The van der Waals surface area contributed by atoms with Crippen LogP contribution in [0.4, 0.5) is 13.2 Å². The lowest BCUT2D eigenvalue weighted by Gasteiger charge is -2.35. The van der Waals surface area contributed by atoms with E-state index in [1.165, 1.54) is 68.3 Å². The molecule has 2 fully saturated rings. The highest BCUT2D eigenvalue weighted by Crippen LogP contribution is 2.26. The van der Waals surface area contributed by atoms with E-state index in [0.717, 1.165) is 12.0 Å². The molecule has 6 nitrogen and oxygen atoms in total. The maximum atomic E-state index is 12.2. The number of nitrogens with zero attached hydrogens (tertiary/aromatic N) is 4. The minimum absolute atomic E-state index is 0.338. The molecule has 0 unspecified atom stereocenters. The molecule has 0 N–H and O–H groups in total. The van der Waals surface area contributed by atoms with E-state index in [0.29, 0.717) is 28.9 Å². The number of hydrogen-bond donors (Lipinski definition) is 0. The van der Waals surface area contributed by atoms with Crippen molar-refractivity contribution in [2.75, 3.05) is 33.2 Å². The fraction of sp³-hybridized carbons (Fsp3) is 0.583. The van der Waals surface area contributed by atoms with E-state index >= 15 is 0 Å². The van der Waals surface area contributed by atoms with Gasteiger partial charge in [-0.15, -0.1) is 13.2 Å². The summed E-state index contributed by atoms with van der Waals surface area (Å²) < 4.78 is 41.8. The molecule has 2 aliphatic rings. The van der Waals surface area contributed by atoms with Crippen LogP contribution in [0.15, 0.2) is 24.3 Å². The van der Waals surface area contributed by atoms with Crippen molar-refractivity contribution in [1.29, 1.82) is 0 Å². The first-order valence-electron chi connectivity index (χ1n) is 11.4. The normalized spacial score (nSPS) is 20.4. The zero-order valence-corrected chi connectivity index (χ0v) is 19.7. The maximum Gasteiger partial charge on any atom is 0.573 e. The predicted octanol–water partition coefficient (Wildman–Crippen LogP) is 4.62. The number of likely N-dealkylation sites (tertiary alicyclic amines) is 2. The summed E-state index contributed by atoms with van der Waals surface area (Å²) in [6.45, 7) is 11.0. The van der Waals surface area contributed by atoms with E-state index in [-0.39, 0.29) is 5.75 Å². The summed E-state index contributed by atoms with van der Waals surface area (Å²) in [6, 6.07) is 6.32. The molecule has 3 heterocycles. The minimum atomic E-state index is -4.75. The van der Waals surface area contributed by atoms with Crippen LogP contribution in [0, 0.1) is 19.8 Å². The second-order valence-corrected chi connectivity index (χ2v) is 9.08. The number of piperidine rings is 1. The molecule has 0 spiro atoms. The summed E-state index contributed by atoms with van der Waals surface area (Å²) >= 11 is 0. The van der Waals surface area contributed by atoms with Crippen molar-refractivity contribution in [1.82, 2.24) is 19.6 Å². The lowest BCUT2D eigenvalue weighted by atomic mass is 10.0. The third-order valence-electron chi connectivity index (χ3n) is 6.42. The van der Waals surface area contributed by atoms with E-state index in [1.54, 1.807) is 19.9 Å². The maximum absolute atomic E-state index is 12.2. The van der Waals surface area contributed by atoms with Crippen LogP contribution in [0.2, 0.25) is 0 Å². The Labute approximate surface area is 193 Å². The Hall–Kier alpha value is -2.39. The first-order valence-corrected chi connectivity index (χ1v) is 11.4. The van der Waals surface area contributed by atoms with Gasteiger partial charge in [0.15, 0.2) is 6.29 Å². The molecule has 1 atom stereocenters. The van der Waals surface area contributed by atoms with Crippen molar-refractivity contribution in [2.45, 2.75) is 52.4 Å². The van der Waals surface area contributed by atoms with Gasteiger partial charge in [-0.2, -0.15) is 5.10 Å². The number of carbonyl (C=O) groups excluding carboxylic acids is 1. The van der Waals surface area contributed by atoms with Crippen molar-refractivity contribution in [3.8, 4) is 11.4 Å². The van der Waals surface area contributed by atoms with Crippen LogP contribution in [0.25, 0.3) is 5.69 Å². The number of alkyl halides is 3. The van der Waals surface area contributed by atoms with Crippen molar-refractivity contribution >= 4 is 6.29 Å². The Bertz CT molecular complexity index is 936. The van der Waals surface area contributed by atoms with Gasteiger partial charge in [-0.25, -0.2) is 4.68 Å². The Morgan fingerprint density at radius 3 is 2.36 bits per heavy atom. The van der Waals surface area contributed by atoms with Crippen molar-refractivity contribution in [3.05, 3.63) is 41.2 Å². The van der Waals surface area contributed by atoms with Crippen LogP contribution in [-0.4, -0.2) is 71.5 Å². The van der Waals surface area contributed by atoms with Gasteiger partial charge < -0.3 is 14.5 Å². The molecule has 0 radical (unpaired) electrons. The van der Waals surface area contributed by atoms with Gasteiger partial charge in [0.2, 0.25) is 0 Å². The molecule has 1 aromatic carbocycles. The Morgan fingerprint density at radius 2 is 1.82 bits per heavy atom. The number of rotatable bonds is 4. The zero-order valence-electron chi connectivity index (χ0n) is 19.7. The summed E-state index contributed by atoms with van der Waals surface area (Å²) in [6.07, 6.45) is 0.130. The third kappa shape index (κ3) is 6.80. The molecule has 9 heteroatoms. The largest absolute Gasteiger partial charge is 0.573 e. The fourth-order valence-corrected chi connectivity index (χ4v) is 4.55. The number of carbonyl (C=O) groups is 1. The van der Waals surface area contributed by atoms with E-state index in [1.807, 2.05) is 0 Å². The highest BCUT2D eigenvalue weighted by molar-refractivity contribution is 5.78. The average Bonchev–Trinajstić information content (AvgIpc) is 3.30. The second kappa shape index (κ2) is 10.7. The molecular formula is C24H33F3N4O2. The summed E-state index contributed by atoms with van der Waals surface area (Å²) in [5.74, 6) is 0.606. The standard InChI is InChI=1S/C13H11F3N2O2.C11H22N2/c1-8-12(7-19)9(2)18(17-8)10-4-3-5-11(6-10)20-13(14,15)16;1-10-3-8-13(9-10)11-4-6-12(2)7-5-11/h3-7H,1-2H3;10-11H,3-9H2,1-2H3/t;10-/m.1/s1. The van der Waals surface area contributed by atoms with E-state index < -0.39 is 6.36 Å². The first-order chi connectivity index (χ1) is 15.6. The quantitative estimate of drug-likeness (QED) is 0.616. The second-order valence-electron chi connectivity index (χ2n) is 9.08. The number of aromatic nitrogens is 2. The van der Waals surface area contributed by atoms with Crippen LogP contribution in [-0.2, 0) is 0 Å². The number of benzene rings is 1. The lowest BCUT2D eigenvalue weighted by molar-refractivity contribution is -0.274. The number of halogens is 3. The summed E-state index contributed by atoms with van der Waals surface area (Å²) in [7, 11) is 2.24. The van der Waals surface area contributed by atoms with Crippen LogP contribution in [0.5, 0.6) is 5.75 Å². The number of aldehydes is 1. The molecule has 0 bridgehead atoms. The van der Waals surface area contributed by atoms with Gasteiger partial charge in [0.05, 0.1) is 22.6 Å². The Kier molecular flexibility index (Phi) is 8.18. The van der Waals surface area contributed by atoms with E-state index in [4.69, 9.17) is 0 Å². The van der Waals surface area contributed by atoms with Crippen molar-refractivity contribution in [3.63, 3.8) is 0 Å². The van der Waals surface area contributed by atoms with Gasteiger partial charge in [-0.3, -0.25) is 4.79 Å². The van der Waals surface area contributed by atoms with Gasteiger partial charge in [0.1, 0.15) is 5.75 Å². The topological polar surface area (TPSA) is 50.6 Å². The van der Waals surface area contributed by atoms with Crippen molar-refractivity contribution < 1.29 is 22.7 Å². The number of ether oxygens (including phenoxy) is 1. The van der Waals surface area contributed by atoms with Gasteiger partial charge in [0.25, 0.3) is 0 Å². The van der Waals surface area contributed by atoms with Crippen LogP contribution < -0.4 is 4.74 Å². The summed E-state index contributed by atoms with van der Waals surface area (Å²) in [4.78, 5) is 16.1. The average molecular weight is 467 g/mol. The van der Waals surface area contributed by atoms with Gasteiger partial charge >= 0.3 is 6.36 Å². The Morgan fingerprint density at radius 1 is 1.12 bits per heavy atom. The van der Waals surface area contributed by atoms with Crippen LogP contribution in [0.3, 0.4) is 0 Å². The van der Waals surface area contributed by atoms with Crippen LogP contribution >= 0.6 is 0 Å². The zero-order chi connectivity index (χ0) is 24.2. The molecule has 2 aromatic rings. The highest BCUT2D eigenvalue weighted by Gasteiger charge is 2.31. The summed E-state index contributed by atoms with van der Waals surface area (Å²) in [5.41, 5.74) is 1.88. The van der Waals surface area contributed by atoms with Crippen LogP contribution in [0.1, 0.15) is 47.9 Å². The molecule has 0 aliphatic carbocycles. The monoisotopic (exact) mass is 466 g/mol. The van der Waals surface area contributed by atoms with Gasteiger partial charge in [-0.05, 0) is 77.8 Å². The molecule has 4 rings (SSSR count).